The average Bonchev–Trinajstić information content (AvgIpc) is 2.69. The zero-order valence-electron chi connectivity index (χ0n) is 14.1. The third-order valence-electron chi connectivity index (χ3n) is 4.40. The highest BCUT2D eigenvalue weighted by molar-refractivity contribution is 8.15. The van der Waals surface area contributed by atoms with Gasteiger partial charge in [-0.05, 0) is 51.0 Å². The van der Waals surface area contributed by atoms with Crippen LogP contribution in [0, 0.1) is 0 Å². The molecular weight excluding hydrogens is 338 g/mol. The molecule has 0 fully saturated rings. The Hall–Kier alpha value is -3.04. The van der Waals surface area contributed by atoms with E-state index in [2.05, 4.69) is 6.07 Å². The molecule has 4 aromatic carbocycles. The van der Waals surface area contributed by atoms with Crippen LogP contribution >= 0.6 is 11.8 Å². The summed E-state index contributed by atoms with van der Waals surface area (Å²) in [6, 6.07) is 28.1. The maximum Gasteiger partial charge on any atom is 0.226 e. The van der Waals surface area contributed by atoms with Crippen molar-refractivity contribution >= 4 is 44.0 Å². The van der Waals surface area contributed by atoms with Gasteiger partial charge in [0.25, 0.3) is 0 Å². The van der Waals surface area contributed by atoms with Crippen LogP contribution in [0.3, 0.4) is 0 Å². The molecule has 0 aliphatic heterocycles. The molecule has 0 aromatic heterocycles. The molecule has 26 heavy (non-hydrogen) atoms. The normalized spacial score (nSPS) is 11.8. The van der Waals surface area contributed by atoms with Crippen molar-refractivity contribution in [3.63, 3.8) is 0 Å². The standard InChI is InChI=1S/C23H17NOS/c24-15-21(19-13-12-16-6-1-2-8-18(16)14-19)23(25)26-22-11-5-9-17-7-3-4-10-20(17)22/h1-15H,24H2/b21-15-. The van der Waals surface area contributed by atoms with Crippen LogP contribution in [0.15, 0.2) is 96.0 Å². The number of carbonyl (C=O) groups is 1. The Kier molecular flexibility index (Phi) is 4.46. The minimum Gasteiger partial charge on any atom is -0.404 e. The molecular formula is C23H17NOS. The van der Waals surface area contributed by atoms with Gasteiger partial charge in [0, 0.05) is 11.1 Å². The predicted molar refractivity (Wildman–Crippen MR) is 111 cm³/mol. The molecule has 4 aromatic rings. The summed E-state index contributed by atoms with van der Waals surface area (Å²) in [5, 5.41) is 4.37. The fourth-order valence-corrected chi connectivity index (χ4v) is 4.02. The summed E-state index contributed by atoms with van der Waals surface area (Å²) in [5.41, 5.74) is 7.18. The van der Waals surface area contributed by atoms with Crippen LogP contribution in [0.5, 0.6) is 0 Å². The molecule has 0 saturated carbocycles. The van der Waals surface area contributed by atoms with Gasteiger partial charge >= 0.3 is 0 Å². The molecule has 0 aliphatic carbocycles. The molecule has 0 radical (unpaired) electrons. The SMILES string of the molecule is N/C=C(\C(=O)Sc1cccc2ccccc12)c1ccc2ccccc2c1. The van der Waals surface area contributed by atoms with E-state index in [0.717, 1.165) is 32.0 Å². The Morgan fingerprint density at radius 2 is 1.46 bits per heavy atom. The van der Waals surface area contributed by atoms with Gasteiger partial charge in [0.2, 0.25) is 5.12 Å². The topological polar surface area (TPSA) is 43.1 Å². The third kappa shape index (κ3) is 3.09. The lowest BCUT2D eigenvalue weighted by molar-refractivity contribution is -0.106. The van der Waals surface area contributed by atoms with Crippen LogP contribution in [0.2, 0.25) is 0 Å². The van der Waals surface area contributed by atoms with Crippen LogP contribution in [-0.4, -0.2) is 5.12 Å². The summed E-state index contributed by atoms with van der Waals surface area (Å²) < 4.78 is 0. The van der Waals surface area contributed by atoms with E-state index in [1.165, 1.54) is 18.0 Å². The molecule has 0 amide bonds. The Morgan fingerprint density at radius 3 is 2.27 bits per heavy atom. The van der Waals surface area contributed by atoms with Gasteiger partial charge in [0.1, 0.15) is 0 Å². The quantitative estimate of drug-likeness (QED) is 0.383. The number of fused-ring (bicyclic) bond motifs is 2. The van der Waals surface area contributed by atoms with Gasteiger partial charge in [-0.3, -0.25) is 4.79 Å². The number of thioether (sulfide) groups is 1. The van der Waals surface area contributed by atoms with E-state index in [1.54, 1.807) is 0 Å². The molecule has 0 saturated heterocycles. The summed E-state index contributed by atoms with van der Waals surface area (Å²) in [6.07, 6.45) is 1.41. The highest BCUT2D eigenvalue weighted by atomic mass is 32.2. The lowest BCUT2D eigenvalue weighted by atomic mass is 10.0. The van der Waals surface area contributed by atoms with E-state index < -0.39 is 0 Å². The second kappa shape index (κ2) is 7.06. The first-order chi connectivity index (χ1) is 12.8. The van der Waals surface area contributed by atoms with Crippen LogP contribution in [0.25, 0.3) is 27.1 Å². The highest BCUT2D eigenvalue weighted by Crippen LogP contribution is 2.33. The fourth-order valence-electron chi connectivity index (χ4n) is 3.08. The van der Waals surface area contributed by atoms with Gasteiger partial charge in [-0.15, -0.1) is 0 Å². The van der Waals surface area contributed by atoms with Crippen LogP contribution in [0.1, 0.15) is 5.56 Å². The molecule has 0 unspecified atom stereocenters. The van der Waals surface area contributed by atoms with Gasteiger partial charge in [-0.25, -0.2) is 0 Å². The first-order valence-electron chi connectivity index (χ1n) is 8.37. The largest absolute Gasteiger partial charge is 0.404 e. The molecule has 2 N–H and O–H groups in total. The van der Waals surface area contributed by atoms with Crippen molar-refractivity contribution in [2.75, 3.05) is 0 Å². The second-order valence-electron chi connectivity index (χ2n) is 6.01. The minimum absolute atomic E-state index is 0.0564. The molecule has 0 atom stereocenters. The van der Waals surface area contributed by atoms with Gasteiger partial charge < -0.3 is 5.73 Å². The van der Waals surface area contributed by atoms with Gasteiger partial charge in [-0.1, -0.05) is 72.8 Å². The summed E-state index contributed by atoms with van der Waals surface area (Å²) in [5.74, 6) is 0. The van der Waals surface area contributed by atoms with Crippen molar-refractivity contribution in [3.05, 3.63) is 96.7 Å². The Labute approximate surface area is 156 Å². The number of hydrogen-bond donors (Lipinski definition) is 1. The summed E-state index contributed by atoms with van der Waals surface area (Å²) in [6.45, 7) is 0. The molecule has 0 bridgehead atoms. The molecule has 0 heterocycles. The summed E-state index contributed by atoms with van der Waals surface area (Å²) in [7, 11) is 0. The molecule has 0 aliphatic rings. The maximum atomic E-state index is 12.9. The van der Waals surface area contributed by atoms with E-state index in [9.17, 15) is 4.79 Å². The first-order valence-corrected chi connectivity index (χ1v) is 9.19. The second-order valence-corrected chi connectivity index (χ2v) is 7.02. The Morgan fingerprint density at radius 1 is 0.769 bits per heavy atom. The van der Waals surface area contributed by atoms with Gasteiger partial charge in [0.15, 0.2) is 0 Å². The van der Waals surface area contributed by atoms with Crippen molar-refractivity contribution in [1.29, 1.82) is 0 Å². The minimum atomic E-state index is -0.0564. The fraction of sp³-hybridized carbons (Fsp3) is 0. The molecule has 126 valence electrons. The van der Waals surface area contributed by atoms with E-state index in [4.69, 9.17) is 5.73 Å². The number of carbonyl (C=O) groups excluding carboxylic acids is 1. The predicted octanol–water partition coefficient (Wildman–Crippen LogP) is 5.61. The zero-order valence-corrected chi connectivity index (χ0v) is 14.9. The van der Waals surface area contributed by atoms with E-state index in [0.29, 0.717) is 5.57 Å². The number of nitrogens with two attached hydrogens (primary N) is 1. The van der Waals surface area contributed by atoms with Gasteiger partial charge in [0.05, 0.1) is 5.57 Å². The van der Waals surface area contributed by atoms with E-state index in [1.807, 2.05) is 78.9 Å². The van der Waals surface area contributed by atoms with Crippen LogP contribution < -0.4 is 5.73 Å². The average molecular weight is 355 g/mol. The van der Waals surface area contributed by atoms with E-state index in [-0.39, 0.29) is 5.12 Å². The van der Waals surface area contributed by atoms with Crippen LogP contribution in [-0.2, 0) is 4.79 Å². The van der Waals surface area contributed by atoms with Crippen LogP contribution in [0.4, 0.5) is 0 Å². The van der Waals surface area contributed by atoms with Crippen molar-refractivity contribution in [2.45, 2.75) is 4.90 Å². The smallest absolute Gasteiger partial charge is 0.226 e. The van der Waals surface area contributed by atoms with Crippen molar-refractivity contribution in [3.8, 4) is 0 Å². The van der Waals surface area contributed by atoms with E-state index >= 15 is 0 Å². The number of rotatable bonds is 3. The Bertz CT molecular complexity index is 1140. The molecule has 2 nitrogen and oxygen atoms in total. The van der Waals surface area contributed by atoms with Crippen molar-refractivity contribution in [1.82, 2.24) is 0 Å². The molecule has 0 spiro atoms. The summed E-state index contributed by atoms with van der Waals surface area (Å²) in [4.78, 5) is 13.9. The number of hydrogen-bond acceptors (Lipinski definition) is 3. The third-order valence-corrected chi connectivity index (χ3v) is 5.38. The van der Waals surface area contributed by atoms with Crippen molar-refractivity contribution < 1.29 is 4.79 Å². The highest BCUT2D eigenvalue weighted by Gasteiger charge is 2.15. The number of benzene rings is 4. The Balaban J connectivity index is 1.69. The molecule has 4 rings (SSSR count). The maximum absolute atomic E-state index is 12.9. The lowest BCUT2D eigenvalue weighted by Crippen LogP contribution is -2.00. The lowest BCUT2D eigenvalue weighted by Gasteiger charge is -2.09. The first kappa shape index (κ1) is 16.4. The van der Waals surface area contributed by atoms with Crippen molar-refractivity contribution in [2.24, 2.45) is 5.73 Å². The van der Waals surface area contributed by atoms with Gasteiger partial charge in [-0.2, -0.15) is 0 Å². The summed E-state index contributed by atoms with van der Waals surface area (Å²) >= 11 is 1.22. The monoisotopic (exact) mass is 355 g/mol. The zero-order chi connectivity index (χ0) is 17.9. The molecule has 3 heteroatoms.